The number of nitro groups is 1. The standard InChI is InChI=1S/C11H7BrClN3O4S/c12-9-3-1-7(16(17)18)5-10(9)15-21(19,20)8-2-4-11(13)14-6-8/h1-6,15H. The normalized spacial score (nSPS) is 11.1. The van der Waals surface area contributed by atoms with Gasteiger partial charge in [-0.15, -0.1) is 0 Å². The van der Waals surface area contributed by atoms with Gasteiger partial charge >= 0.3 is 0 Å². The third-order valence-electron chi connectivity index (χ3n) is 2.42. The summed E-state index contributed by atoms with van der Waals surface area (Å²) < 4.78 is 27.0. The molecule has 0 fully saturated rings. The largest absolute Gasteiger partial charge is 0.278 e. The zero-order chi connectivity index (χ0) is 15.6. The number of benzene rings is 1. The van der Waals surface area contributed by atoms with Crippen LogP contribution in [0.4, 0.5) is 11.4 Å². The van der Waals surface area contributed by atoms with Crippen LogP contribution >= 0.6 is 27.5 Å². The van der Waals surface area contributed by atoms with Crippen molar-refractivity contribution in [3.8, 4) is 0 Å². The molecule has 0 amide bonds. The topological polar surface area (TPSA) is 102 Å². The molecule has 2 aromatic rings. The van der Waals surface area contributed by atoms with Gasteiger partial charge in [-0.1, -0.05) is 11.6 Å². The summed E-state index contributed by atoms with van der Waals surface area (Å²) in [6.07, 6.45) is 1.09. The number of nitrogens with zero attached hydrogens (tertiary/aromatic N) is 2. The van der Waals surface area contributed by atoms with E-state index in [-0.39, 0.29) is 21.4 Å². The average Bonchev–Trinajstić information content (AvgIpc) is 2.41. The van der Waals surface area contributed by atoms with Crippen molar-refractivity contribution in [2.24, 2.45) is 0 Å². The summed E-state index contributed by atoms with van der Waals surface area (Å²) in [5, 5.41) is 10.9. The Bertz CT molecular complexity index is 796. The number of pyridine rings is 1. The quantitative estimate of drug-likeness (QED) is 0.489. The number of aromatic nitrogens is 1. The lowest BCUT2D eigenvalue weighted by Crippen LogP contribution is -2.13. The third kappa shape index (κ3) is 3.69. The summed E-state index contributed by atoms with van der Waals surface area (Å²) in [4.78, 5) is 13.7. The highest BCUT2D eigenvalue weighted by Gasteiger charge is 2.18. The number of anilines is 1. The number of rotatable bonds is 4. The molecule has 0 aliphatic rings. The molecule has 110 valence electrons. The van der Waals surface area contributed by atoms with Crippen molar-refractivity contribution in [1.82, 2.24) is 4.98 Å². The maximum absolute atomic E-state index is 12.2. The van der Waals surface area contributed by atoms with Gasteiger partial charge in [-0.05, 0) is 34.1 Å². The minimum absolute atomic E-state index is 0.0548. The van der Waals surface area contributed by atoms with Crippen molar-refractivity contribution in [3.05, 3.63) is 56.3 Å². The van der Waals surface area contributed by atoms with Crippen molar-refractivity contribution < 1.29 is 13.3 Å². The van der Waals surface area contributed by atoms with Crippen LogP contribution in [0, 0.1) is 10.1 Å². The molecule has 21 heavy (non-hydrogen) atoms. The first kappa shape index (κ1) is 15.7. The fraction of sp³-hybridized carbons (Fsp3) is 0. The summed E-state index contributed by atoms with van der Waals surface area (Å²) in [5.41, 5.74) is -0.177. The van der Waals surface area contributed by atoms with Gasteiger partial charge in [-0.25, -0.2) is 13.4 Å². The van der Waals surface area contributed by atoms with E-state index in [4.69, 9.17) is 11.6 Å². The van der Waals surface area contributed by atoms with Crippen LogP contribution < -0.4 is 4.72 Å². The second kappa shape index (κ2) is 5.96. The molecule has 0 spiro atoms. The summed E-state index contributed by atoms with van der Waals surface area (Å²) >= 11 is 8.72. The third-order valence-corrected chi connectivity index (χ3v) is 4.68. The molecule has 0 aliphatic heterocycles. The Hall–Kier alpha value is -1.71. The maximum Gasteiger partial charge on any atom is 0.271 e. The highest BCUT2D eigenvalue weighted by molar-refractivity contribution is 9.10. The van der Waals surface area contributed by atoms with Crippen LogP contribution in [0.3, 0.4) is 0 Å². The minimum Gasteiger partial charge on any atom is -0.278 e. The molecule has 1 aromatic heterocycles. The van der Waals surface area contributed by atoms with Crippen LogP contribution in [-0.2, 0) is 10.0 Å². The molecule has 0 aliphatic carbocycles. The highest BCUT2D eigenvalue weighted by Crippen LogP contribution is 2.29. The predicted octanol–water partition coefficient (Wildman–Crippen LogP) is 3.21. The summed E-state index contributed by atoms with van der Waals surface area (Å²) in [6, 6.07) is 6.37. The van der Waals surface area contributed by atoms with Crippen molar-refractivity contribution in [2.75, 3.05) is 4.72 Å². The fourth-order valence-corrected chi connectivity index (χ4v) is 3.03. The smallest absolute Gasteiger partial charge is 0.271 e. The van der Waals surface area contributed by atoms with E-state index >= 15 is 0 Å². The molecule has 0 unspecified atom stereocenters. The Morgan fingerprint density at radius 2 is 2.00 bits per heavy atom. The lowest BCUT2D eigenvalue weighted by molar-refractivity contribution is -0.384. The van der Waals surface area contributed by atoms with Crippen molar-refractivity contribution in [2.45, 2.75) is 4.90 Å². The molecule has 0 radical (unpaired) electrons. The first-order valence-electron chi connectivity index (χ1n) is 5.38. The molecule has 1 aromatic carbocycles. The lowest BCUT2D eigenvalue weighted by atomic mass is 10.3. The van der Waals surface area contributed by atoms with Gasteiger partial charge in [-0.2, -0.15) is 0 Å². The van der Waals surface area contributed by atoms with Gasteiger partial charge in [0, 0.05) is 22.8 Å². The zero-order valence-corrected chi connectivity index (χ0v) is 13.3. The molecule has 1 heterocycles. The average molecular weight is 393 g/mol. The number of nitrogens with one attached hydrogen (secondary N) is 1. The molecule has 10 heteroatoms. The van der Waals surface area contributed by atoms with E-state index in [1.54, 1.807) is 0 Å². The van der Waals surface area contributed by atoms with Gasteiger partial charge < -0.3 is 0 Å². The van der Waals surface area contributed by atoms with E-state index in [1.807, 2.05) is 0 Å². The Balaban J connectivity index is 2.38. The van der Waals surface area contributed by atoms with E-state index < -0.39 is 14.9 Å². The second-order valence-electron chi connectivity index (χ2n) is 3.84. The maximum atomic E-state index is 12.2. The van der Waals surface area contributed by atoms with Gasteiger partial charge in [0.1, 0.15) is 10.0 Å². The molecule has 0 bridgehead atoms. The molecular weight excluding hydrogens is 386 g/mol. The van der Waals surface area contributed by atoms with Gasteiger partial charge in [0.25, 0.3) is 15.7 Å². The Kier molecular flexibility index (Phi) is 4.45. The molecule has 1 N–H and O–H groups in total. The number of halogens is 2. The van der Waals surface area contributed by atoms with Crippen LogP contribution in [0.2, 0.25) is 5.15 Å². The summed E-state index contributed by atoms with van der Waals surface area (Å²) in [7, 11) is -3.92. The van der Waals surface area contributed by atoms with E-state index in [0.29, 0.717) is 4.47 Å². The van der Waals surface area contributed by atoms with Gasteiger partial charge in [-0.3, -0.25) is 14.8 Å². The Labute approximate surface area is 133 Å². The van der Waals surface area contributed by atoms with Crippen LogP contribution in [-0.4, -0.2) is 18.3 Å². The Morgan fingerprint density at radius 1 is 1.29 bits per heavy atom. The molecular formula is C11H7BrClN3O4S. The van der Waals surface area contributed by atoms with Gasteiger partial charge in [0.15, 0.2) is 0 Å². The van der Waals surface area contributed by atoms with Crippen LogP contribution in [0.5, 0.6) is 0 Å². The van der Waals surface area contributed by atoms with Crippen molar-refractivity contribution in [3.63, 3.8) is 0 Å². The fourth-order valence-electron chi connectivity index (χ4n) is 1.43. The van der Waals surface area contributed by atoms with Crippen LogP contribution in [0.25, 0.3) is 0 Å². The van der Waals surface area contributed by atoms with Gasteiger partial charge in [0.05, 0.1) is 10.6 Å². The van der Waals surface area contributed by atoms with E-state index in [0.717, 1.165) is 12.3 Å². The number of non-ortho nitro benzene ring substituents is 1. The molecule has 0 atom stereocenters. The number of hydrogen-bond acceptors (Lipinski definition) is 5. The number of nitro benzene ring substituents is 1. The van der Waals surface area contributed by atoms with Crippen LogP contribution in [0.15, 0.2) is 45.9 Å². The van der Waals surface area contributed by atoms with Crippen molar-refractivity contribution >= 4 is 48.9 Å². The first-order valence-corrected chi connectivity index (χ1v) is 8.03. The van der Waals surface area contributed by atoms with E-state index in [9.17, 15) is 18.5 Å². The van der Waals surface area contributed by atoms with Crippen molar-refractivity contribution in [1.29, 1.82) is 0 Å². The number of sulfonamides is 1. The van der Waals surface area contributed by atoms with E-state index in [1.165, 1.54) is 24.3 Å². The molecule has 7 nitrogen and oxygen atoms in total. The SMILES string of the molecule is O=[N+]([O-])c1ccc(Br)c(NS(=O)(=O)c2ccc(Cl)nc2)c1. The number of hydrogen-bond donors (Lipinski definition) is 1. The summed E-state index contributed by atoms with van der Waals surface area (Å²) in [5.74, 6) is 0. The van der Waals surface area contributed by atoms with Gasteiger partial charge in [0.2, 0.25) is 0 Å². The minimum atomic E-state index is -3.92. The predicted molar refractivity (Wildman–Crippen MR) is 80.9 cm³/mol. The molecule has 2 rings (SSSR count). The lowest BCUT2D eigenvalue weighted by Gasteiger charge is -2.09. The van der Waals surface area contributed by atoms with Crippen LogP contribution in [0.1, 0.15) is 0 Å². The summed E-state index contributed by atoms with van der Waals surface area (Å²) in [6.45, 7) is 0. The zero-order valence-electron chi connectivity index (χ0n) is 10.2. The Morgan fingerprint density at radius 3 is 2.57 bits per heavy atom. The second-order valence-corrected chi connectivity index (χ2v) is 6.77. The highest BCUT2D eigenvalue weighted by atomic mass is 79.9. The molecule has 0 saturated heterocycles. The van der Waals surface area contributed by atoms with E-state index in [2.05, 4.69) is 25.6 Å². The first-order chi connectivity index (χ1) is 9.79. The monoisotopic (exact) mass is 391 g/mol. The molecule has 0 saturated carbocycles.